The number of likely N-dealkylation sites (N-methyl/N-ethyl adjacent to an activating group) is 1. The summed E-state index contributed by atoms with van der Waals surface area (Å²) in [7, 11) is 1.57. The Morgan fingerprint density at radius 2 is 0.674 bits per heavy atom. The molecule has 9 heteroatoms. The fourth-order valence-electron chi connectivity index (χ4n) is 10.7. The molecule has 0 aliphatic rings. The molecule has 0 aromatic heterocycles. The monoisotopic (exact) mass is 1260 g/mol. The zero-order valence-corrected chi connectivity index (χ0v) is 59.8. The molecule has 0 saturated carbocycles. The second kappa shape index (κ2) is 69.2. The largest absolute Gasteiger partial charge is 0.472 e. The van der Waals surface area contributed by atoms with Gasteiger partial charge in [-0.3, -0.25) is 13.8 Å². The molecule has 3 unspecified atom stereocenters. The summed E-state index contributed by atoms with van der Waals surface area (Å²) in [4.78, 5) is 23.5. The van der Waals surface area contributed by atoms with E-state index >= 15 is 0 Å². The van der Waals surface area contributed by atoms with Gasteiger partial charge in [-0.1, -0.05) is 354 Å². The summed E-state index contributed by atoms with van der Waals surface area (Å²) in [6.45, 7) is 4.73. The standard InChI is InChI=1S/C80H143N2O6P/c1-6-8-10-12-14-16-18-20-22-24-26-28-30-32-34-36-37-38-39-40-41-42-43-44-45-46-48-50-52-54-56-58-60-62-64-66-68-70-72-74-80(84)81-78(77-88-89(85,86)87-76-75-82(3,4)5)79(83)73-71-69-67-65-63-61-59-57-55-53-51-49-47-35-33-31-29-27-25-23-21-19-17-15-13-11-9-7-2/h8,10,14,16,20,22,26,28,32,34,37-38,40-41,43-44,46,48,71,73,78-79,83H,6-7,9,11-13,15,17-19,21,23-25,27,29-31,33,35-36,39,42,45,47,49-70,72,74-77H2,1-5H3,(H-,81,84,85,86)/p+1/b10-8-,16-14-,22-20-,28-26-,34-32-,38-37-,41-40-,44-43-,48-46-,73-71+. The minimum Gasteiger partial charge on any atom is -0.387 e. The Balaban J connectivity index is 4.08. The van der Waals surface area contributed by atoms with E-state index in [0.29, 0.717) is 17.4 Å². The lowest BCUT2D eigenvalue weighted by atomic mass is 10.0. The first-order chi connectivity index (χ1) is 43.5. The highest BCUT2D eigenvalue weighted by atomic mass is 31.2. The minimum atomic E-state index is -4.36. The van der Waals surface area contributed by atoms with E-state index in [1.807, 2.05) is 27.2 Å². The summed E-state index contributed by atoms with van der Waals surface area (Å²) in [6.07, 6.45) is 104. The topological polar surface area (TPSA) is 105 Å². The predicted octanol–water partition coefficient (Wildman–Crippen LogP) is 24.4. The van der Waals surface area contributed by atoms with Crippen LogP contribution >= 0.6 is 7.82 Å². The molecule has 0 aromatic carbocycles. The molecular weight excluding hydrogens is 1120 g/mol. The average molecular weight is 1260 g/mol. The third-order valence-corrected chi connectivity index (χ3v) is 17.4. The van der Waals surface area contributed by atoms with Crippen LogP contribution in [0.4, 0.5) is 0 Å². The lowest BCUT2D eigenvalue weighted by Crippen LogP contribution is -2.45. The number of nitrogens with one attached hydrogen (secondary N) is 1. The predicted molar refractivity (Wildman–Crippen MR) is 392 cm³/mol. The van der Waals surface area contributed by atoms with Crippen molar-refractivity contribution >= 4 is 13.7 Å². The van der Waals surface area contributed by atoms with Crippen molar-refractivity contribution in [2.45, 2.75) is 341 Å². The van der Waals surface area contributed by atoms with Crippen molar-refractivity contribution in [2.24, 2.45) is 0 Å². The number of aliphatic hydroxyl groups excluding tert-OH is 1. The van der Waals surface area contributed by atoms with Crippen molar-refractivity contribution < 1.29 is 32.9 Å². The minimum absolute atomic E-state index is 0.0567. The van der Waals surface area contributed by atoms with Gasteiger partial charge in [0.25, 0.3) is 0 Å². The molecule has 0 aliphatic carbocycles. The number of nitrogens with zero attached hydrogens (tertiary/aromatic N) is 1. The van der Waals surface area contributed by atoms with Gasteiger partial charge in [0.1, 0.15) is 13.2 Å². The van der Waals surface area contributed by atoms with Gasteiger partial charge in [0, 0.05) is 6.42 Å². The first-order valence-electron chi connectivity index (χ1n) is 37.4. The molecule has 0 heterocycles. The summed E-state index contributed by atoms with van der Waals surface area (Å²) in [5.41, 5.74) is 0. The molecule has 0 radical (unpaired) electrons. The summed E-state index contributed by atoms with van der Waals surface area (Å²) in [5.74, 6) is -0.181. The number of unbranched alkanes of at least 4 members (excludes halogenated alkanes) is 37. The third kappa shape index (κ3) is 72.2. The first kappa shape index (κ1) is 85.9. The van der Waals surface area contributed by atoms with Gasteiger partial charge in [-0.25, -0.2) is 4.57 Å². The van der Waals surface area contributed by atoms with E-state index in [9.17, 15) is 19.4 Å². The number of aliphatic hydroxyl groups is 1. The molecule has 0 spiro atoms. The van der Waals surface area contributed by atoms with E-state index in [0.717, 1.165) is 96.3 Å². The Hall–Kier alpha value is -3.10. The van der Waals surface area contributed by atoms with Crippen LogP contribution in [0.1, 0.15) is 328 Å². The van der Waals surface area contributed by atoms with Crippen LogP contribution in [-0.2, 0) is 18.4 Å². The third-order valence-electron chi connectivity index (χ3n) is 16.4. The van der Waals surface area contributed by atoms with Crippen LogP contribution in [0.25, 0.3) is 0 Å². The Bertz CT molecular complexity index is 1870. The van der Waals surface area contributed by atoms with E-state index in [4.69, 9.17) is 9.05 Å². The Morgan fingerprint density at radius 3 is 0.989 bits per heavy atom. The van der Waals surface area contributed by atoms with Crippen LogP contribution in [0.15, 0.2) is 122 Å². The molecule has 514 valence electrons. The molecule has 3 N–H and O–H groups in total. The quantitative estimate of drug-likeness (QED) is 0.0243. The molecule has 0 saturated heterocycles. The van der Waals surface area contributed by atoms with Crippen LogP contribution in [0.5, 0.6) is 0 Å². The maximum absolute atomic E-state index is 13.1. The van der Waals surface area contributed by atoms with Crippen molar-refractivity contribution in [1.29, 1.82) is 0 Å². The number of rotatable bonds is 68. The first-order valence-corrected chi connectivity index (χ1v) is 38.9. The van der Waals surface area contributed by atoms with Crippen LogP contribution in [0.3, 0.4) is 0 Å². The van der Waals surface area contributed by atoms with Crippen molar-refractivity contribution in [3.8, 4) is 0 Å². The number of allylic oxidation sites excluding steroid dienone is 19. The zero-order valence-electron chi connectivity index (χ0n) is 58.9. The Labute approximate surface area is 552 Å². The van der Waals surface area contributed by atoms with E-state index in [1.165, 1.54) is 212 Å². The number of phosphoric ester groups is 1. The van der Waals surface area contributed by atoms with Gasteiger partial charge in [-0.2, -0.15) is 0 Å². The van der Waals surface area contributed by atoms with E-state index in [2.05, 4.69) is 129 Å². The highest BCUT2D eigenvalue weighted by molar-refractivity contribution is 7.47. The Morgan fingerprint density at radius 1 is 0.393 bits per heavy atom. The fraction of sp³-hybridized carbons (Fsp3) is 0.738. The van der Waals surface area contributed by atoms with Gasteiger partial charge in [0.2, 0.25) is 5.91 Å². The highest BCUT2D eigenvalue weighted by Crippen LogP contribution is 2.43. The van der Waals surface area contributed by atoms with Crippen LogP contribution in [0.2, 0.25) is 0 Å². The Kier molecular flexibility index (Phi) is 66.8. The smallest absolute Gasteiger partial charge is 0.387 e. The lowest BCUT2D eigenvalue weighted by molar-refractivity contribution is -0.870. The average Bonchev–Trinajstić information content (AvgIpc) is 3.55. The fourth-order valence-corrected chi connectivity index (χ4v) is 11.4. The molecule has 1 amide bonds. The summed E-state index contributed by atoms with van der Waals surface area (Å²) in [6, 6.07) is -0.858. The molecule has 0 aromatic rings. The molecule has 8 nitrogen and oxygen atoms in total. The van der Waals surface area contributed by atoms with Crippen molar-refractivity contribution in [3.05, 3.63) is 122 Å². The van der Waals surface area contributed by atoms with Gasteiger partial charge < -0.3 is 19.8 Å². The van der Waals surface area contributed by atoms with Gasteiger partial charge in [0.05, 0.1) is 39.9 Å². The summed E-state index contributed by atoms with van der Waals surface area (Å²) < 4.78 is 23.9. The van der Waals surface area contributed by atoms with Gasteiger partial charge >= 0.3 is 7.82 Å². The molecule has 89 heavy (non-hydrogen) atoms. The van der Waals surface area contributed by atoms with Crippen molar-refractivity contribution in [3.63, 3.8) is 0 Å². The normalized spacial score (nSPS) is 14.3. The number of amides is 1. The molecule has 0 aliphatic heterocycles. The molecule has 0 fully saturated rings. The maximum atomic E-state index is 13.1. The number of carbonyl (C=O) groups excluding carboxylic acids is 1. The van der Waals surface area contributed by atoms with Crippen molar-refractivity contribution in [2.75, 3.05) is 40.9 Å². The van der Waals surface area contributed by atoms with Crippen molar-refractivity contribution in [1.82, 2.24) is 5.32 Å². The summed E-state index contributed by atoms with van der Waals surface area (Å²) in [5, 5.41) is 14.0. The van der Waals surface area contributed by atoms with Crippen LogP contribution in [-0.4, -0.2) is 73.4 Å². The zero-order chi connectivity index (χ0) is 64.8. The number of quaternary nitrogens is 1. The molecular formula is C80H144N2O6P+. The van der Waals surface area contributed by atoms with Gasteiger partial charge in [-0.05, 0) is 89.9 Å². The SMILES string of the molecule is CC/C=C\C/C=C\C/C=C\C/C=C\C/C=C\C/C=C\C/C=C\C/C=C\C/C=C\CCCCCCCCCCCCCC(=O)NC(COP(=O)(O)OCC[N+](C)(C)C)C(O)/C=C/CCCCCCCCCCCCCCCCCCCCCCCCCCCC. The van der Waals surface area contributed by atoms with E-state index < -0.39 is 20.0 Å². The molecule has 0 bridgehead atoms. The maximum Gasteiger partial charge on any atom is 0.472 e. The van der Waals surface area contributed by atoms with Crippen LogP contribution < -0.4 is 5.32 Å². The lowest BCUT2D eigenvalue weighted by Gasteiger charge is -2.25. The number of phosphoric acid groups is 1. The second-order valence-electron chi connectivity index (χ2n) is 26.3. The van der Waals surface area contributed by atoms with Crippen LogP contribution in [0, 0.1) is 0 Å². The second-order valence-corrected chi connectivity index (χ2v) is 27.7. The van der Waals surface area contributed by atoms with Gasteiger partial charge in [-0.15, -0.1) is 0 Å². The molecule has 0 rings (SSSR count). The van der Waals surface area contributed by atoms with E-state index in [1.54, 1.807) is 6.08 Å². The van der Waals surface area contributed by atoms with Gasteiger partial charge in [0.15, 0.2) is 0 Å². The number of hydrogen-bond acceptors (Lipinski definition) is 5. The number of hydrogen-bond donors (Lipinski definition) is 3. The highest BCUT2D eigenvalue weighted by Gasteiger charge is 2.28. The molecule has 3 atom stereocenters. The summed E-state index contributed by atoms with van der Waals surface area (Å²) >= 11 is 0. The number of carbonyl (C=O) groups is 1. The van der Waals surface area contributed by atoms with E-state index in [-0.39, 0.29) is 19.1 Å².